The number of hydrogen-bond acceptors (Lipinski definition) is 2. The number of primary amides is 1. The van der Waals surface area contributed by atoms with E-state index in [0.717, 1.165) is 5.56 Å². The highest BCUT2D eigenvalue weighted by Crippen LogP contribution is 2.18. The molecule has 19 heavy (non-hydrogen) atoms. The highest BCUT2D eigenvalue weighted by atomic mass is 19.4. The molecule has 1 aromatic carbocycles. The number of carbonyl (C=O) groups is 1. The third kappa shape index (κ3) is 5.30. The van der Waals surface area contributed by atoms with Crippen LogP contribution >= 0.6 is 0 Å². The fourth-order valence-electron chi connectivity index (χ4n) is 1.63. The van der Waals surface area contributed by atoms with E-state index >= 15 is 0 Å². The molecule has 1 aromatic rings. The molecule has 0 spiro atoms. The fourth-order valence-corrected chi connectivity index (χ4v) is 1.63. The molecule has 0 bridgehead atoms. The van der Waals surface area contributed by atoms with Gasteiger partial charge in [0.05, 0.1) is 12.1 Å². The maximum atomic E-state index is 12.2. The third-order valence-corrected chi connectivity index (χ3v) is 2.98. The van der Waals surface area contributed by atoms with Crippen LogP contribution in [0, 0.1) is 0 Å². The van der Waals surface area contributed by atoms with Gasteiger partial charge in [-0.3, -0.25) is 10.1 Å². The van der Waals surface area contributed by atoms with Crippen molar-refractivity contribution in [2.45, 2.75) is 31.5 Å². The quantitative estimate of drug-likeness (QED) is 0.833. The smallest absolute Gasteiger partial charge is 0.368 e. The van der Waals surface area contributed by atoms with Crippen LogP contribution in [0.1, 0.15) is 18.9 Å². The lowest BCUT2D eigenvalue weighted by atomic mass is 9.92. The molecule has 106 valence electrons. The van der Waals surface area contributed by atoms with E-state index in [4.69, 9.17) is 5.73 Å². The van der Waals surface area contributed by atoms with E-state index in [0.29, 0.717) is 6.42 Å². The van der Waals surface area contributed by atoms with E-state index < -0.39 is 24.2 Å². The number of halogens is 3. The van der Waals surface area contributed by atoms with Crippen LogP contribution in [0.25, 0.3) is 0 Å². The zero-order chi connectivity index (χ0) is 14.5. The lowest BCUT2D eigenvalue weighted by Crippen LogP contribution is -2.55. The monoisotopic (exact) mass is 274 g/mol. The Morgan fingerprint density at radius 2 is 1.84 bits per heavy atom. The first-order valence-electron chi connectivity index (χ1n) is 5.88. The topological polar surface area (TPSA) is 55.1 Å². The molecule has 1 unspecified atom stereocenters. The van der Waals surface area contributed by atoms with Gasteiger partial charge in [0.15, 0.2) is 0 Å². The van der Waals surface area contributed by atoms with E-state index in [9.17, 15) is 18.0 Å². The maximum Gasteiger partial charge on any atom is 0.401 e. The van der Waals surface area contributed by atoms with Crippen molar-refractivity contribution >= 4 is 5.91 Å². The summed E-state index contributed by atoms with van der Waals surface area (Å²) in [5.41, 5.74) is 4.77. The molecule has 1 rings (SSSR count). The van der Waals surface area contributed by atoms with E-state index in [1.54, 1.807) is 0 Å². The highest BCUT2D eigenvalue weighted by molar-refractivity contribution is 5.84. The molecule has 1 amide bonds. The Kier molecular flexibility index (Phi) is 4.94. The van der Waals surface area contributed by atoms with Gasteiger partial charge in [0, 0.05) is 0 Å². The summed E-state index contributed by atoms with van der Waals surface area (Å²) in [5.74, 6) is -0.785. The lowest BCUT2D eigenvalue weighted by molar-refractivity contribution is -0.135. The molecular formula is C13H17F3N2O. The first kappa shape index (κ1) is 15.5. The summed E-state index contributed by atoms with van der Waals surface area (Å²) >= 11 is 0. The minimum atomic E-state index is -4.37. The van der Waals surface area contributed by atoms with Crippen LogP contribution < -0.4 is 11.1 Å². The summed E-state index contributed by atoms with van der Waals surface area (Å²) < 4.78 is 36.6. The lowest BCUT2D eigenvalue weighted by Gasteiger charge is -2.28. The van der Waals surface area contributed by atoms with Gasteiger partial charge < -0.3 is 5.73 Å². The van der Waals surface area contributed by atoms with Gasteiger partial charge in [-0.25, -0.2) is 0 Å². The highest BCUT2D eigenvalue weighted by Gasteiger charge is 2.36. The molecule has 0 aliphatic rings. The number of nitrogens with two attached hydrogens (primary N) is 1. The number of hydrogen-bond donors (Lipinski definition) is 2. The molecule has 0 fully saturated rings. The molecule has 0 saturated heterocycles. The molecule has 0 aromatic heterocycles. The number of amides is 1. The Balaban J connectivity index is 2.64. The molecule has 6 heteroatoms. The van der Waals surface area contributed by atoms with Crippen molar-refractivity contribution in [2.75, 3.05) is 6.54 Å². The second kappa shape index (κ2) is 6.06. The molecular weight excluding hydrogens is 257 g/mol. The summed E-state index contributed by atoms with van der Waals surface area (Å²) in [6.45, 7) is 0.158. The Morgan fingerprint density at radius 3 is 2.32 bits per heavy atom. The summed E-state index contributed by atoms with van der Waals surface area (Å²) in [7, 11) is 0. The van der Waals surface area contributed by atoms with Crippen LogP contribution in [0.4, 0.5) is 13.2 Å². The summed E-state index contributed by atoms with van der Waals surface area (Å²) in [4.78, 5) is 11.4. The van der Waals surface area contributed by atoms with Gasteiger partial charge in [-0.1, -0.05) is 30.3 Å². The largest absolute Gasteiger partial charge is 0.401 e. The molecule has 0 aliphatic heterocycles. The number of rotatable bonds is 6. The normalized spacial score (nSPS) is 14.9. The Labute approximate surface area is 110 Å². The van der Waals surface area contributed by atoms with Crippen LogP contribution in [0.3, 0.4) is 0 Å². The second-order valence-electron chi connectivity index (χ2n) is 4.65. The maximum absolute atomic E-state index is 12.2. The predicted octanol–water partition coefficient (Wildman–Crippen LogP) is 2.02. The van der Waals surface area contributed by atoms with E-state index in [2.05, 4.69) is 5.32 Å². The summed E-state index contributed by atoms with van der Waals surface area (Å²) in [6, 6.07) is 9.22. The SMILES string of the molecule is CC(CCc1ccccc1)(NCC(F)(F)F)C(N)=O. The molecule has 0 saturated carbocycles. The van der Waals surface area contributed by atoms with Crippen LogP contribution in [0.5, 0.6) is 0 Å². The van der Waals surface area contributed by atoms with E-state index in [1.807, 2.05) is 30.3 Å². The Morgan fingerprint density at radius 1 is 1.26 bits per heavy atom. The van der Waals surface area contributed by atoms with Crippen LogP contribution in [-0.4, -0.2) is 24.2 Å². The average Bonchev–Trinajstić information content (AvgIpc) is 2.34. The van der Waals surface area contributed by atoms with Crippen molar-refractivity contribution in [1.29, 1.82) is 0 Å². The van der Waals surface area contributed by atoms with Crippen molar-refractivity contribution in [3.63, 3.8) is 0 Å². The third-order valence-electron chi connectivity index (χ3n) is 2.98. The standard InChI is InChI=1S/C13H17F3N2O/c1-12(11(17)19,18-9-13(14,15)16)8-7-10-5-3-2-4-6-10/h2-6,18H,7-9H2,1H3,(H2,17,19). The molecule has 3 N–H and O–H groups in total. The number of nitrogens with one attached hydrogen (secondary N) is 1. The summed E-state index contributed by atoms with van der Waals surface area (Å²) in [6.07, 6.45) is -3.68. The molecule has 1 atom stereocenters. The van der Waals surface area contributed by atoms with Crippen molar-refractivity contribution in [1.82, 2.24) is 5.32 Å². The average molecular weight is 274 g/mol. The molecule has 3 nitrogen and oxygen atoms in total. The van der Waals surface area contributed by atoms with Gasteiger partial charge in [0.2, 0.25) is 5.91 Å². The van der Waals surface area contributed by atoms with Crippen LogP contribution in [0.15, 0.2) is 30.3 Å². The van der Waals surface area contributed by atoms with E-state index in [-0.39, 0.29) is 6.42 Å². The first-order chi connectivity index (χ1) is 8.73. The zero-order valence-corrected chi connectivity index (χ0v) is 10.6. The van der Waals surface area contributed by atoms with Gasteiger partial charge in [-0.2, -0.15) is 13.2 Å². The number of aryl methyl sites for hydroxylation is 1. The predicted molar refractivity (Wildman–Crippen MR) is 66.4 cm³/mol. The number of carbonyl (C=O) groups excluding carboxylic acids is 1. The van der Waals surface area contributed by atoms with Gasteiger partial charge >= 0.3 is 6.18 Å². The zero-order valence-electron chi connectivity index (χ0n) is 10.6. The Hall–Kier alpha value is -1.56. The van der Waals surface area contributed by atoms with Gasteiger partial charge in [-0.15, -0.1) is 0 Å². The van der Waals surface area contributed by atoms with E-state index in [1.165, 1.54) is 6.92 Å². The van der Waals surface area contributed by atoms with Gasteiger partial charge in [0.1, 0.15) is 0 Å². The van der Waals surface area contributed by atoms with Crippen LogP contribution in [-0.2, 0) is 11.2 Å². The molecule has 0 radical (unpaired) electrons. The van der Waals surface area contributed by atoms with Crippen LogP contribution in [0.2, 0.25) is 0 Å². The minimum Gasteiger partial charge on any atom is -0.368 e. The van der Waals surface area contributed by atoms with Crippen molar-refractivity contribution < 1.29 is 18.0 Å². The van der Waals surface area contributed by atoms with Crippen molar-refractivity contribution in [3.8, 4) is 0 Å². The second-order valence-corrected chi connectivity index (χ2v) is 4.65. The van der Waals surface area contributed by atoms with Crippen molar-refractivity contribution in [2.24, 2.45) is 5.73 Å². The summed E-state index contributed by atoms with van der Waals surface area (Å²) in [5, 5.41) is 2.21. The number of benzene rings is 1. The molecule has 0 aliphatic carbocycles. The Bertz CT molecular complexity index is 420. The van der Waals surface area contributed by atoms with Crippen molar-refractivity contribution in [3.05, 3.63) is 35.9 Å². The number of alkyl halides is 3. The minimum absolute atomic E-state index is 0.211. The fraction of sp³-hybridized carbons (Fsp3) is 0.462. The van der Waals surface area contributed by atoms with Gasteiger partial charge in [-0.05, 0) is 25.3 Å². The van der Waals surface area contributed by atoms with Gasteiger partial charge in [0.25, 0.3) is 0 Å². The molecule has 0 heterocycles. The first-order valence-corrected chi connectivity index (χ1v) is 5.88.